The number of nitrogens with two attached hydrogens (primary N) is 1. The first-order valence-corrected chi connectivity index (χ1v) is 10.5. The number of aromatic nitrogens is 1. The van der Waals surface area contributed by atoms with Gasteiger partial charge in [-0.2, -0.15) is 0 Å². The van der Waals surface area contributed by atoms with Crippen molar-refractivity contribution in [2.45, 2.75) is 19.0 Å². The summed E-state index contributed by atoms with van der Waals surface area (Å²) in [5, 5.41) is 4.71. The summed E-state index contributed by atoms with van der Waals surface area (Å²) >= 11 is 0. The number of Topliss-reactive ketones (excluding diaryl/α,β-unsaturated/α-hetero) is 1. The number of carbonyl (C=O) groups excluding carboxylic acids is 1. The van der Waals surface area contributed by atoms with Gasteiger partial charge in [-0.3, -0.25) is 4.79 Å². The Hall–Kier alpha value is -3.93. The largest absolute Gasteiger partial charge is 0.382 e. The van der Waals surface area contributed by atoms with E-state index in [0.717, 1.165) is 39.1 Å². The Balaban J connectivity index is 1.43. The number of fused-ring (bicyclic) bond motifs is 2. The van der Waals surface area contributed by atoms with Crippen LogP contribution in [0.3, 0.4) is 0 Å². The number of nitrogens with one attached hydrogen (secondary N) is 1. The van der Waals surface area contributed by atoms with E-state index in [2.05, 4.69) is 57.7 Å². The highest BCUT2D eigenvalue weighted by Gasteiger charge is 2.43. The van der Waals surface area contributed by atoms with Crippen LogP contribution in [0.2, 0.25) is 0 Å². The molecule has 0 bridgehead atoms. The van der Waals surface area contributed by atoms with Crippen LogP contribution in [0.4, 0.5) is 0 Å². The Morgan fingerprint density at radius 3 is 2.61 bits per heavy atom. The van der Waals surface area contributed by atoms with Gasteiger partial charge in [-0.1, -0.05) is 48.5 Å². The average Bonchev–Trinajstić information content (AvgIpc) is 3.17. The third-order valence-corrected chi connectivity index (χ3v) is 6.25. The number of aliphatic imine (C=N–C) groups is 1. The first kappa shape index (κ1) is 17.9. The van der Waals surface area contributed by atoms with Gasteiger partial charge in [-0.25, -0.2) is 9.98 Å². The van der Waals surface area contributed by atoms with Crippen LogP contribution >= 0.6 is 0 Å². The van der Waals surface area contributed by atoms with Crippen LogP contribution in [-0.4, -0.2) is 27.7 Å². The lowest BCUT2D eigenvalue weighted by Gasteiger charge is -2.36. The first-order valence-electron chi connectivity index (χ1n) is 10.5. The van der Waals surface area contributed by atoms with Crippen molar-refractivity contribution in [3.8, 4) is 11.3 Å². The zero-order chi connectivity index (χ0) is 20.9. The minimum Gasteiger partial charge on any atom is -0.382 e. The van der Waals surface area contributed by atoms with Gasteiger partial charge in [0.25, 0.3) is 0 Å². The van der Waals surface area contributed by atoms with Gasteiger partial charge in [0.05, 0.1) is 16.9 Å². The van der Waals surface area contributed by atoms with Gasteiger partial charge in [-0.15, -0.1) is 0 Å². The van der Waals surface area contributed by atoms with Crippen molar-refractivity contribution in [1.29, 1.82) is 0 Å². The molecule has 3 N–H and O–H groups in total. The van der Waals surface area contributed by atoms with Crippen molar-refractivity contribution < 1.29 is 4.79 Å². The predicted octanol–water partition coefficient (Wildman–Crippen LogP) is 3.62. The summed E-state index contributed by atoms with van der Waals surface area (Å²) in [6.07, 6.45) is 4.85. The molecule has 0 radical (unpaired) electrons. The van der Waals surface area contributed by atoms with Crippen LogP contribution in [-0.2, 0) is 4.79 Å². The number of rotatable bonds is 3. The quantitative estimate of drug-likeness (QED) is 0.693. The van der Waals surface area contributed by atoms with E-state index in [1.54, 1.807) is 6.20 Å². The number of hydrogen-bond acceptors (Lipinski definition) is 6. The van der Waals surface area contributed by atoms with E-state index in [0.29, 0.717) is 24.5 Å². The van der Waals surface area contributed by atoms with Gasteiger partial charge in [-0.05, 0) is 12.1 Å². The second-order valence-corrected chi connectivity index (χ2v) is 8.21. The molecule has 6 heteroatoms. The number of amidine groups is 1. The van der Waals surface area contributed by atoms with E-state index in [4.69, 9.17) is 10.7 Å². The second kappa shape index (κ2) is 6.80. The van der Waals surface area contributed by atoms with E-state index in [-0.39, 0.29) is 12.1 Å². The fourth-order valence-corrected chi connectivity index (χ4v) is 4.58. The van der Waals surface area contributed by atoms with Crippen molar-refractivity contribution >= 4 is 28.2 Å². The van der Waals surface area contributed by atoms with Crippen LogP contribution in [0.5, 0.6) is 0 Å². The van der Waals surface area contributed by atoms with E-state index in [1.165, 1.54) is 0 Å². The maximum atomic E-state index is 11.6. The van der Waals surface area contributed by atoms with E-state index in [9.17, 15) is 4.79 Å². The highest BCUT2D eigenvalue weighted by Crippen LogP contribution is 2.38. The zero-order valence-electron chi connectivity index (χ0n) is 16.8. The molecular formula is C25H21N5O. The molecule has 152 valence electrons. The molecule has 2 aliphatic heterocycles. The van der Waals surface area contributed by atoms with Crippen LogP contribution in [0.25, 0.3) is 27.9 Å². The van der Waals surface area contributed by atoms with E-state index in [1.807, 2.05) is 24.4 Å². The lowest BCUT2D eigenvalue weighted by molar-refractivity contribution is -0.128. The summed E-state index contributed by atoms with van der Waals surface area (Å²) in [6.45, 7) is 0. The molecule has 3 aliphatic rings. The highest BCUT2D eigenvalue weighted by atomic mass is 16.1. The summed E-state index contributed by atoms with van der Waals surface area (Å²) in [5.41, 5.74) is 12.0. The van der Waals surface area contributed by atoms with Crippen LogP contribution in [0, 0.1) is 5.92 Å². The Morgan fingerprint density at radius 1 is 1.00 bits per heavy atom. The Bertz CT molecular complexity index is 1300. The van der Waals surface area contributed by atoms with Crippen molar-refractivity contribution in [3.63, 3.8) is 0 Å². The molecule has 1 atom stereocenters. The predicted molar refractivity (Wildman–Crippen MR) is 121 cm³/mol. The third-order valence-electron chi connectivity index (χ3n) is 6.25. The molecule has 0 saturated heterocycles. The molecule has 1 aromatic heterocycles. The summed E-state index contributed by atoms with van der Waals surface area (Å²) in [6, 6.07) is 20.6. The molecule has 6 nitrogen and oxygen atoms in total. The van der Waals surface area contributed by atoms with Crippen molar-refractivity contribution in [2.75, 3.05) is 0 Å². The minimum absolute atomic E-state index is 0.00677. The number of nitrogens with zero attached hydrogens (tertiary/aromatic N) is 3. The number of pyridine rings is 1. The van der Waals surface area contributed by atoms with E-state index < -0.39 is 0 Å². The minimum atomic E-state index is 0.00677. The molecule has 1 aliphatic carbocycles. The fourth-order valence-electron chi connectivity index (χ4n) is 4.58. The first-order chi connectivity index (χ1) is 15.2. The second-order valence-electron chi connectivity index (χ2n) is 8.21. The molecule has 31 heavy (non-hydrogen) atoms. The third kappa shape index (κ3) is 2.91. The van der Waals surface area contributed by atoms with Gasteiger partial charge in [0.15, 0.2) is 0 Å². The van der Waals surface area contributed by atoms with Crippen molar-refractivity contribution in [1.82, 2.24) is 15.2 Å². The van der Waals surface area contributed by atoms with Crippen molar-refractivity contribution in [3.05, 3.63) is 84.3 Å². The molecule has 2 aromatic carbocycles. The summed E-state index contributed by atoms with van der Waals surface area (Å²) in [7, 11) is 0. The molecule has 6 rings (SSSR count). The molecule has 1 fully saturated rings. The number of hydrogen-bond donors (Lipinski definition) is 2. The molecule has 1 saturated carbocycles. The van der Waals surface area contributed by atoms with Crippen LogP contribution in [0.1, 0.15) is 18.4 Å². The number of benzene rings is 2. The standard InChI is InChI=1S/C25H21N5O/c26-24-23-22(29-25(18-12-19(31)13-18)30(23)11-10-27-24)17-7-6-16-8-9-20(28-21(16)14-17)15-4-2-1-3-5-15/h1-11,14,18,25,29H,12-13H2,(H2,26,27). The summed E-state index contributed by atoms with van der Waals surface area (Å²) in [5.74, 6) is 1.05. The molecular weight excluding hydrogens is 386 g/mol. The van der Waals surface area contributed by atoms with Gasteiger partial charge >= 0.3 is 0 Å². The molecule has 3 aromatic rings. The van der Waals surface area contributed by atoms with Gasteiger partial charge < -0.3 is 16.0 Å². The molecule has 0 amide bonds. The smallest absolute Gasteiger partial charge is 0.149 e. The summed E-state index contributed by atoms with van der Waals surface area (Å²) in [4.78, 5) is 22.9. The van der Waals surface area contributed by atoms with Gasteiger partial charge in [0, 0.05) is 47.7 Å². The topological polar surface area (TPSA) is 83.6 Å². The molecule has 3 heterocycles. The fraction of sp³-hybridized carbons (Fsp3) is 0.160. The molecule has 0 spiro atoms. The number of ketones is 1. The Kier molecular flexibility index (Phi) is 3.93. The van der Waals surface area contributed by atoms with Gasteiger partial charge in [0.2, 0.25) is 0 Å². The normalized spacial score (nSPS) is 20.5. The number of carbonyl (C=O) groups is 1. The zero-order valence-corrected chi connectivity index (χ0v) is 16.8. The summed E-state index contributed by atoms with van der Waals surface area (Å²) < 4.78 is 0. The van der Waals surface area contributed by atoms with Crippen LogP contribution in [0.15, 0.2) is 83.8 Å². The lowest BCUT2D eigenvalue weighted by atomic mass is 9.81. The average molecular weight is 407 g/mol. The maximum absolute atomic E-state index is 11.6. The van der Waals surface area contributed by atoms with Crippen molar-refractivity contribution in [2.24, 2.45) is 16.6 Å². The SMILES string of the molecule is NC1=NC=CN2C1=C(c1ccc3ccc(-c4ccccc4)nc3c1)NC2C1CC(=O)C1. The van der Waals surface area contributed by atoms with E-state index >= 15 is 0 Å². The Labute approximate surface area is 179 Å². The van der Waals surface area contributed by atoms with Gasteiger partial charge in [0.1, 0.15) is 23.5 Å². The monoisotopic (exact) mass is 407 g/mol. The van der Waals surface area contributed by atoms with Crippen LogP contribution < -0.4 is 11.1 Å². The Morgan fingerprint density at radius 2 is 1.81 bits per heavy atom. The maximum Gasteiger partial charge on any atom is 0.149 e. The molecule has 1 unspecified atom stereocenters. The highest BCUT2D eigenvalue weighted by molar-refractivity contribution is 6.05. The lowest BCUT2D eigenvalue weighted by Crippen LogP contribution is -2.47.